The standard InChI is InChI=1S/C25H21ClN4O/c26-20-10-8-19(9-11-20)25(31)30-16-14-29(15-17-30)24-13-12-23(27-28-24)22-7-3-5-18-4-1-2-6-21(18)22/h1-13H,14-17H2. The molecule has 0 spiro atoms. The van der Waals surface area contributed by atoms with Crippen molar-refractivity contribution in [3.8, 4) is 11.3 Å². The van der Waals surface area contributed by atoms with Gasteiger partial charge < -0.3 is 9.80 Å². The molecule has 0 atom stereocenters. The fourth-order valence-corrected chi connectivity index (χ4v) is 4.13. The molecular formula is C25H21ClN4O. The van der Waals surface area contributed by atoms with Crippen molar-refractivity contribution in [2.24, 2.45) is 0 Å². The van der Waals surface area contributed by atoms with Crippen LogP contribution in [0.5, 0.6) is 0 Å². The van der Waals surface area contributed by atoms with Gasteiger partial charge in [-0.1, -0.05) is 54.1 Å². The number of rotatable bonds is 3. The first-order valence-electron chi connectivity index (χ1n) is 10.3. The fraction of sp³-hybridized carbons (Fsp3) is 0.160. The molecule has 6 heteroatoms. The zero-order chi connectivity index (χ0) is 21.2. The zero-order valence-electron chi connectivity index (χ0n) is 16.9. The summed E-state index contributed by atoms with van der Waals surface area (Å²) in [6.45, 7) is 2.74. The van der Waals surface area contributed by atoms with Crippen LogP contribution in [0.3, 0.4) is 0 Å². The van der Waals surface area contributed by atoms with E-state index in [1.807, 2.05) is 35.2 Å². The van der Waals surface area contributed by atoms with Gasteiger partial charge in [-0.3, -0.25) is 4.79 Å². The lowest BCUT2D eigenvalue weighted by Gasteiger charge is -2.35. The number of benzene rings is 3. The quantitative estimate of drug-likeness (QED) is 0.465. The molecule has 1 amide bonds. The fourth-order valence-electron chi connectivity index (χ4n) is 4.00. The highest BCUT2D eigenvalue weighted by molar-refractivity contribution is 6.30. The van der Waals surface area contributed by atoms with Crippen molar-refractivity contribution in [2.45, 2.75) is 0 Å². The lowest BCUT2D eigenvalue weighted by Crippen LogP contribution is -2.49. The maximum absolute atomic E-state index is 12.7. The second-order valence-electron chi connectivity index (χ2n) is 7.59. The van der Waals surface area contributed by atoms with Gasteiger partial charge in [0.25, 0.3) is 5.91 Å². The summed E-state index contributed by atoms with van der Waals surface area (Å²) in [4.78, 5) is 16.7. The monoisotopic (exact) mass is 428 g/mol. The summed E-state index contributed by atoms with van der Waals surface area (Å²) < 4.78 is 0. The van der Waals surface area contributed by atoms with Gasteiger partial charge in [0.2, 0.25) is 0 Å². The predicted octanol–water partition coefficient (Wildman–Crippen LogP) is 4.91. The van der Waals surface area contributed by atoms with Crippen molar-refractivity contribution in [3.63, 3.8) is 0 Å². The Morgan fingerprint density at radius 3 is 2.26 bits per heavy atom. The molecule has 5 rings (SSSR count). The molecule has 0 N–H and O–H groups in total. The number of nitrogens with zero attached hydrogens (tertiary/aromatic N) is 4. The van der Waals surface area contributed by atoms with E-state index in [9.17, 15) is 4.79 Å². The van der Waals surface area contributed by atoms with Crippen LogP contribution in [0.1, 0.15) is 10.4 Å². The number of hydrogen-bond donors (Lipinski definition) is 0. The molecule has 0 aliphatic carbocycles. The first-order valence-corrected chi connectivity index (χ1v) is 10.7. The van der Waals surface area contributed by atoms with Gasteiger partial charge in [0.1, 0.15) is 0 Å². The van der Waals surface area contributed by atoms with Crippen molar-refractivity contribution in [1.82, 2.24) is 15.1 Å². The van der Waals surface area contributed by atoms with Gasteiger partial charge in [0.05, 0.1) is 5.69 Å². The average molecular weight is 429 g/mol. The number of anilines is 1. The predicted molar refractivity (Wildman–Crippen MR) is 125 cm³/mol. The van der Waals surface area contributed by atoms with E-state index in [2.05, 4.69) is 39.4 Å². The van der Waals surface area contributed by atoms with E-state index in [0.717, 1.165) is 30.2 Å². The highest BCUT2D eigenvalue weighted by Crippen LogP contribution is 2.27. The molecule has 1 aliphatic rings. The van der Waals surface area contributed by atoms with E-state index in [4.69, 9.17) is 11.6 Å². The summed E-state index contributed by atoms with van der Waals surface area (Å²) in [5.74, 6) is 0.872. The highest BCUT2D eigenvalue weighted by Gasteiger charge is 2.23. The molecule has 3 aromatic carbocycles. The van der Waals surface area contributed by atoms with E-state index in [-0.39, 0.29) is 5.91 Å². The van der Waals surface area contributed by atoms with E-state index >= 15 is 0 Å². The minimum atomic E-state index is 0.0358. The Morgan fingerprint density at radius 2 is 1.52 bits per heavy atom. The topological polar surface area (TPSA) is 49.3 Å². The minimum Gasteiger partial charge on any atom is -0.352 e. The number of aromatic nitrogens is 2. The third-order valence-corrected chi connectivity index (χ3v) is 5.95. The molecule has 154 valence electrons. The molecule has 4 aromatic rings. The number of amides is 1. The van der Waals surface area contributed by atoms with Crippen LogP contribution in [0.4, 0.5) is 5.82 Å². The van der Waals surface area contributed by atoms with Gasteiger partial charge in [-0.25, -0.2) is 0 Å². The molecule has 1 aromatic heterocycles. The van der Waals surface area contributed by atoms with Gasteiger partial charge in [0.15, 0.2) is 5.82 Å². The summed E-state index contributed by atoms with van der Waals surface area (Å²) in [5, 5.41) is 12.0. The summed E-state index contributed by atoms with van der Waals surface area (Å²) in [6, 6.07) is 25.6. The molecule has 2 heterocycles. The molecule has 0 unspecified atom stereocenters. The number of carbonyl (C=O) groups excluding carboxylic acids is 1. The summed E-state index contributed by atoms with van der Waals surface area (Å²) in [5.41, 5.74) is 2.60. The Hall–Kier alpha value is -3.44. The number of piperazine rings is 1. The molecular weight excluding hydrogens is 408 g/mol. The lowest BCUT2D eigenvalue weighted by molar-refractivity contribution is 0.0746. The molecule has 5 nitrogen and oxygen atoms in total. The minimum absolute atomic E-state index is 0.0358. The van der Waals surface area contributed by atoms with E-state index in [1.54, 1.807) is 24.3 Å². The third-order valence-electron chi connectivity index (χ3n) is 5.70. The SMILES string of the molecule is O=C(c1ccc(Cl)cc1)N1CCN(c2ccc(-c3cccc4ccccc34)nn2)CC1. The Morgan fingerprint density at radius 1 is 0.774 bits per heavy atom. The maximum Gasteiger partial charge on any atom is 0.253 e. The van der Waals surface area contributed by atoms with Crippen LogP contribution in [0.25, 0.3) is 22.0 Å². The smallest absolute Gasteiger partial charge is 0.253 e. The molecule has 1 saturated heterocycles. The Kier molecular flexibility index (Phi) is 5.26. The van der Waals surface area contributed by atoms with Crippen LogP contribution in [0, 0.1) is 0 Å². The molecule has 1 fully saturated rings. The van der Waals surface area contributed by atoms with Crippen molar-refractivity contribution >= 4 is 34.1 Å². The van der Waals surface area contributed by atoms with Crippen LogP contribution in [0.15, 0.2) is 78.9 Å². The molecule has 31 heavy (non-hydrogen) atoms. The maximum atomic E-state index is 12.7. The largest absolute Gasteiger partial charge is 0.352 e. The van der Waals surface area contributed by atoms with Gasteiger partial charge in [0, 0.05) is 42.3 Å². The van der Waals surface area contributed by atoms with Gasteiger partial charge >= 0.3 is 0 Å². The highest BCUT2D eigenvalue weighted by atomic mass is 35.5. The Labute approximate surface area is 185 Å². The van der Waals surface area contributed by atoms with E-state index < -0.39 is 0 Å². The molecule has 0 radical (unpaired) electrons. The second-order valence-corrected chi connectivity index (χ2v) is 8.03. The lowest BCUT2D eigenvalue weighted by atomic mass is 10.0. The molecule has 0 saturated carbocycles. The Bertz CT molecular complexity index is 1210. The first kappa shape index (κ1) is 19.5. The second kappa shape index (κ2) is 8.36. The van der Waals surface area contributed by atoms with E-state index in [1.165, 1.54) is 10.8 Å². The van der Waals surface area contributed by atoms with Crippen LogP contribution in [-0.2, 0) is 0 Å². The van der Waals surface area contributed by atoms with Crippen molar-refractivity contribution in [2.75, 3.05) is 31.1 Å². The van der Waals surface area contributed by atoms with Crippen molar-refractivity contribution in [1.29, 1.82) is 0 Å². The van der Waals surface area contributed by atoms with Gasteiger partial charge in [-0.2, -0.15) is 0 Å². The Balaban J connectivity index is 1.28. The average Bonchev–Trinajstić information content (AvgIpc) is 2.84. The number of halogens is 1. The van der Waals surface area contributed by atoms with Crippen molar-refractivity contribution in [3.05, 3.63) is 89.4 Å². The normalized spacial score (nSPS) is 14.1. The number of fused-ring (bicyclic) bond motifs is 1. The number of carbonyl (C=O) groups is 1. The van der Waals surface area contributed by atoms with Gasteiger partial charge in [-0.05, 0) is 47.2 Å². The third kappa shape index (κ3) is 3.97. The molecule has 1 aliphatic heterocycles. The first-order chi connectivity index (χ1) is 15.2. The number of hydrogen-bond acceptors (Lipinski definition) is 4. The summed E-state index contributed by atoms with van der Waals surface area (Å²) in [6.07, 6.45) is 0. The molecule has 0 bridgehead atoms. The zero-order valence-corrected chi connectivity index (χ0v) is 17.7. The van der Waals surface area contributed by atoms with E-state index in [0.29, 0.717) is 23.7 Å². The van der Waals surface area contributed by atoms with Gasteiger partial charge in [-0.15, -0.1) is 10.2 Å². The van der Waals surface area contributed by atoms with Crippen molar-refractivity contribution < 1.29 is 4.79 Å². The van der Waals surface area contributed by atoms with Crippen LogP contribution < -0.4 is 4.90 Å². The summed E-state index contributed by atoms with van der Waals surface area (Å²) >= 11 is 5.92. The van der Waals surface area contributed by atoms with Crippen LogP contribution >= 0.6 is 11.6 Å². The van der Waals surface area contributed by atoms with Crippen LogP contribution in [-0.4, -0.2) is 47.2 Å². The van der Waals surface area contributed by atoms with Crippen LogP contribution in [0.2, 0.25) is 5.02 Å². The summed E-state index contributed by atoms with van der Waals surface area (Å²) in [7, 11) is 0.